The molecule has 5 N–H and O–H groups in total. The molecule has 0 aliphatic carbocycles. The Kier molecular flexibility index (Phi) is 4.34. The summed E-state index contributed by atoms with van der Waals surface area (Å²) in [6, 6.07) is 4.20. The van der Waals surface area contributed by atoms with E-state index in [4.69, 9.17) is 5.73 Å². The zero-order chi connectivity index (χ0) is 13.0. The number of amides is 1. The van der Waals surface area contributed by atoms with Gasteiger partial charge in [0, 0.05) is 11.6 Å². The number of hydrogen-bond acceptors (Lipinski definition) is 4. The van der Waals surface area contributed by atoms with Crippen molar-refractivity contribution < 1.29 is 15.0 Å². The van der Waals surface area contributed by atoms with E-state index in [9.17, 15) is 15.0 Å². The zero-order valence-corrected chi connectivity index (χ0v) is 9.97. The van der Waals surface area contributed by atoms with Crippen molar-refractivity contribution in [3.63, 3.8) is 0 Å². The van der Waals surface area contributed by atoms with Gasteiger partial charge in [-0.25, -0.2) is 0 Å². The minimum atomic E-state index is -0.467. The van der Waals surface area contributed by atoms with Crippen LogP contribution in [0.25, 0.3) is 0 Å². The predicted octanol–water partition coefficient (Wildman–Crippen LogP) is 0.864. The number of aromatic hydroxyl groups is 1. The van der Waals surface area contributed by atoms with Crippen molar-refractivity contribution in [2.24, 2.45) is 0 Å². The molecule has 0 bridgehead atoms. The molecule has 0 aromatic heterocycles. The van der Waals surface area contributed by atoms with E-state index >= 15 is 0 Å². The second-order valence-corrected chi connectivity index (χ2v) is 4.23. The van der Waals surface area contributed by atoms with Crippen molar-refractivity contribution >= 4 is 11.6 Å². The van der Waals surface area contributed by atoms with Gasteiger partial charge in [-0.2, -0.15) is 0 Å². The van der Waals surface area contributed by atoms with Gasteiger partial charge < -0.3 is 21.3 Å². The van der Waals surface area contributed by atoms with Gasteiger partial charge in [-0.1, -0.05) is 0 Å². The highest BCUT2D eigenvalue weighted by atomic mass is 16.3. The molecule has 0 aliphatic rings. The Morgan fingerprint density at radius 2 is 2.12 bits per heavy atom. The normalized spacial score (nSPS) is 14.1. The van der Waals surface area contributed by atoms with Crippen LogP contribution in [0.4, 0.5) is 5.69 Å². The number of nitrogen functional groups attached to an aromatic ring is 1. The standard InChI is InChI=1S/C12H18N2O3/c1-7(5-8(2)15)14-12(17)9-3-4-10(13)11(16)6-9/h3-4,6-8,15-16H,5,13H2,1-2H3,(H,14,17). The van der Waals surface area contributed by atoms with Crippen molar-refractivity contribution in [1.82, 2.24) is 5.32 Å². The van der Waals surface area contributed by atoms with Crippen molar-refractivity contribution in [2.45, 2.75) is 32.4 Å². The number of carbonyl (C=O) groups excluding carboxylic acids is 1. The number of aliphatic hydroxyl groups is 1. The van der Waals surface area contributed by atoms with Crippen LogP contribution in [-0.4, -0.2) is 28.3 Å². The van der Waals surface area contributed by atoms with E-state index in [1.165, 1.54) is 12.1 Å². The molecular weight excluding hydrogens is 220 g/mol. The van der Waals surface area contributed by atoms with E-state index in [1.54, 1.807) is 13.0 Å². The summed E-state index contributed by atoms with van der Waals surface area (Å²) in [5.74, 6) is -0.408. The first-order valence-corrected chi connectivity index (χ1v) is 5.47. The fourth-order valence-electron chi connectivity index (χ4n) is 1.56. The van der Waals surface area contributed by atoms with Crippen LogP contribution in [0.3, 0.4) is 0 Å². The van der Waals surface area contributed by atoms with Crippen LogP contribution in [0.15, 0.2) is 18.2 Å². The highest BCUT2D eigenvalue weighted by molar-refractivity contribution is 5.95. The zero-order valence-electron chi connectivity index (χ0n) is 9.97. The molecule has 17 heavy (non-hydrogen) atoms. The molecular formula is C12H18N2O3. The number of aliphatic hydroxyl groups excluding tert-OH is 1. The van der Waals surface area contributed by atoms with Gasteiger partial charge in [0.05, 0.1) is 11.8 Å². The van der Waals surface area contributed by atoms with Crippen molar-refractivity contribution in [3.8, 4) is 5.75 Å². The number of phenols is 1. The number of nitrogens with one attached hydrogen (secondary N) is 1. The van der Waals surface area contributed by atoms with Crippen LogP contribution in [0.2, 0.25) is 0 Å². The van der Waals surface area contributed by atoms with Gasteiger partial charge in [0.1, 0.15) is 5.75 Å². The van der Waals surface area contributed by atoms with Gasteiger partial charge in [-0.3, -0.25) is 4.79 Å². The molecule has 0 heterocycles. The molecule has 0 fully saturated rings. The average molecular weight is 238 g/mol. The first-order valence-electron chi connectivity index (χ1n) is 5.47. The third kappa shape index (κ3) is 3.96. The predicted molar refractivity (Wildman–Crippen MR) is 65.7 cm³/mol. The molecule has 1 aromatic carbocycles. The van der Waals surface area contributed by atoms with E-state index in [-0.39, 0.29) is 23.4 Å². The molecule has 0 spiro atoms. The fourth-order valence-corrected chi connectivity index (χ4v) is 1.56. The Labute approximate surface area is 100 Å². The lowest BCUT2D eigenvalue weighted by Gasteiger charge is -2.15. The lowest BCUT2D eigenvalue weighted by molar-refractivity contribution is 0.0922. The second kappa shape index (κ2) is 5.54. The van der Waals surface area contributed by atoms with Gasteiger partial charge in [-0.05, 0) is 38.5 Å². The Hall–Kier alpha value is -1.75. The van der Waals surface area contributed by atoms with Crippen LogP contribution in [0.5, 0.6) is 5.75 Å². The highest BCUT2D eigenvalue weighted by Gasteiger charge is 2.12. The summed E-state index contributed by atoms with van der Waals surface area (Å²) in [6.45, 7) is 3.47. The summed E-state index contributed by atoms with van der Waals surface area (Å²) in [6.07, 6.45) is 0.0114. The van der Waals surface area contributed by atoms with Crippen molar-refractivity contribution in [3.05, 3.63) is 23.8 Å². The monoisotopic (exact) mass is 238 g/mol. The van der Waals surface area contributed by atoms with Gasteiger partial charge in [0.15, 0.2) is 0 Å². The van der Waals surface area contributed by atoms with E-state index < -0.39 is 6.10 Å². The summed E-state index contributed by atoms with van der Waals surface area (Å²) < 4.78 is 0. The largest absolute Gasteiger partial charge is 0.506 e. The number of carbonyl (C=O) groups is 1. The maximum atomic E-state index is 11.8. The highest BCUT2D eigenvalue weighted by Crippen LogP contribution is 2.20. The number of benzene rings is 1. The topological polar surface area (TPSA) is 95.6 Å². The molecule has 94 valence electrons. The minimum absolute atomic E-state index is 0.110. The number of nitrogens with two attached hydrogens (primary N) is 1. The van der Waals surface area contributed by atoms with Gasteiger partial charge in [0.25, 0.3) is 5.91 Å². The summed E-state index contributed by atoms with van der Waals surface area (Å²) in [4.78, 5) is 11.8. The molecule has 1 amide bonds. The molecule has 1 aromatic rings. The van der Waals surface area contributed by atoms with Crippen molar-refractivity contribution in [2.75, 3.05) is 5.73 Å². The SMILES string of the molecule is CC(O)CC(C)NC(=O)c1ccc(N)c(O)c1. The Balaban J connectivity index is 2.66. The van der Waals surface area contributed by atoms with Crippen LogP contribution < -0.4 is 11.1 Å². The third-order valence-electron chi connectivity index (χ3n) is 2.36. The Morgan fingerprint density at radius 3 is 2.65 bits per heavy atom. The summed E-state index contributed by atoms with van der Waals surface area (Å²) in [7, 11) is 0. The lowest BCUT2D eigenvalue weighted by atomic mass is 10.1. The number of rotatable bonds is 4. The van der Waals surface area contributed by atoms with Gasteiger partial charge in [-0.15, -0.1) is 0 Å². The van der Waals surface area contributed by atoms with E-state index in [2.05, 4.69) is 5.32 Å². The molecule has 0 saturated heterocycles. The maximum absolute atomic E-state index is 11.8. The van der Waals surface area contributed by atoms with Crippen molar-refractivity contribution in [1.29, 1.82) is 0 Å². The fraction of sp³-hybridized carbons (Fsp3) is 0.417. The average Bonchev–Trinajstić information content (AvgIpc) is 2.20. The van der Waals surface area contributed by atoms with Crippen LogP contribution >= 0.6 is 0 Å². The molecule has 1 rings (SSSR count). The molecule has 5 heteroatoms. The van der Waals surface area contributed by atoms with E-state index in [1.807, 2.05) is 6.92 Å². The summed E-state index contributed by atoms with van der Waals surface area (Å²) in [5.41, 5.74) is 6.02. The first kappa shape index (κ1) is 13.3. The first-order chi connectivity index (χ1) is 7.90. The number of phenolic OH excluding ortho intramolecular Hbond substituents is 1. The molecule has 2 unspecified atom stereocenters. The molecule has 0 saturated carbocycles. The van der Waals surface area contributed by atoms with Gasteiger partial charge in [0.2, 0.25) is 0 Å². The third-order valence-corrected chi connectivity index (χ3v) is 2.36. The van der Waals surface area contributed by atoms with E-state index in [0.29, 0.717) is 12.0 Å². The van der Waals surface area contributed by atoms with Crippen LogP contribution in [0.1, 0.15) is 30.6 Å². The minimum Gasteiger partial charge on any atom is -0.506 e. The quantitative estimate of drug-likeness (QED) is 0.462. The molecule has 0 radical (unpaired) electrons. The Morgan fingerprint density at radius 1 is 1.47 bits per heavy atom. The lowest BCUT2D eigenvalue weighted by Crippen LogP contribution is -2.34. The molecule has 2 atom stereocenters. The van der Waals surface area contributed by atoms with Gasteiger partial charge >= 0.3 is 0 Å². The Bertz CT molecular complexity index is 405. The van der Waals surface area contributed by atoms with Crippen LogP contribution in [-0.2, 0) is 0 Å². The summed E-state index contributed by atoms with van der Waals surface area (Å²) >= 11 is 0. The number of hydrogen-bond donors (Lipinski definition) is 4. The van der Waals surface area contributed by atoms with E-state index in [0.717, 1.165) is 0 Å². The maximum Gasteiger partial charge on any atom is 0.251 e. The smallest absolute Gasteiger partial charge is 0.251 e. The van der Waals surface area contributed by atoms with Crippen LogP contribution in [0, 0.1) is 0 Å². The number of anilines is 1. The summed E-state index contributed by atoms with van der Waals surface area (Å²) in [5, 5.41) is 21.3. The second-order valence-electron chi connectivity index (χ2n) is 4.23. The molecule has 5 nitrogen and oxygen atoms in total. The molecule has 0 aliphatic heterocycles.